The SMILES string of the molecule is COC(=O)c1cc(C2CC2)c(OC2CCCN(Cc3ccc(F)cc3)C2)cc1F. The number of methoxy groups -OCH3 is 1. The van der Waals surface area contributed by atoms with Crippen LogP contribution in [0.3, 0.4) is 0 Å². The van der Waals surface area contributed by atoms with E-state index in [2.05, 4.69) is 4.90 Å². The summed E-state index contributed by atoms with van der Waals surface area (Å²) in [4.78, 5) is 14.1. The molecular weight excluding hydrogens is 376 g/mol. The molecule has 29 heavy (non-hydrogen) atoms. The van der Waals surface area contributed by atoms with Crippen molar-refractivity contribution in [3.05, 3.63) is 64.7 Å². The van der Waals surface area contributed by atoms with Crippen LogP contribution in [0.1, 0.15) is 53.1 Å². The highest BCUT2D eigenvalue weighted by Gasteiger charge is 2.31. The van der Waals surface area contributed by atoms with E-state index < -0.39 is 11.8 Å². The molecule has 2 fully saturated rings. The van der Waals surface area contributed by atoms with Gasteiger partial charge in [0.25, 0.3) is 0 Å². The van der Waals surface area contributed by atoms with E-state index in [0.29, 0.717) is 11.7 Å². The van der Waals surface area contributed by atoms with E-state index in [1.807, 2.05) is 0 Å². The van der Waals surface area contributed by atoms with Crippen molar-refractivity contribution in [3.63, 3.8) is 0 Å². The summed E-state index contributed by atoms with van der Waals surface area (Å²) < 4.78 is 38.5. The molecule has 1 aliphatic heterocycles. The Labute approximate surface area is 169 Å². The van der Waals surface area contributed by atoms with Crippen LogP contribution >= 0.6 is 0 Å². The third kappa shape index (κ3) is 4.75. The van der Waals surface area contributed by atoms with Crippen LogP contribution in [0, 0.1) is 11.6 Å². The van der Waals surface area contributed by atoms with Gasteiger partial charge in [-0.25, -0.2) is 13.6 Å². The lowest BCUT2D eigenvalue weighted by Crippen LogP contribution is -2.40. The van der Waals surface area contributed by atoms with E-state index in [0.717, 1.165) is 56.4 Å². The van der Waals surface area contributed by atoms with Crippen LogP contribution in [0.5, 0.6) is 5.75 Å². The lowest BCUT2D eigenvalue weighted by molar-refractivity contribution is 0.0594. The van der Waals surface area contributed by atoms with Gasteiger partial charge in [0.15, 0.2) is 0 Å². The first-order chi connectivity index (χ1) is 14.0. The normalized spacial score (nSPS) is 19.8. The number of carbonyl (C=O) groups excluding carboxylic acids is 1. The molecule has 2 aliphatic rings. The minimum absolute atomic E-state index is 0.0386. The third-order valence-corrected chi connectivity index (χ3v) is 5.60. The highest BCUT2D eigenvalue weighted by molar-refractivity contribution is 5.90. The molecule has 1 heterocycles. The molecule has 1 saturated carbocycles. The van der Waals surface area contributed by atoms with Crippen LogP contribution < -0.4 is 4.74 Å². The molecule has 0 bridgehead atoms. The van der Waals surface area contributed by atoms with E-state index in [1.165, 1.54) is 25.3 Å². The molecule has 2 aromatic carbocycles. The number of piperidine rings is 1. The van der Waals surface area contributed by atoms with Crippen LogP contribution in [0.15, 0.2) is 36.4 Å². The van der Waals surface area contributed by atoms with Gasteiger partial charge >= 0.3 is 5.97 Å². The number of benzene rings is 2. The van der Waals surface area contributed by atoms with E-state index in [-0.39, 0.29) is 17.5 Å². The fraction of sp³-hybridized carbons (Fsp3) is 0.435. The molecule has 1 unspecified atom stereocenters. The largest absolute Gasteiger partial charge is 0.489 e. The molecule has 4 rings (SSSR count). The molecule has 2 aromatic rings. The van der Waals surface area contributed by atoms with Crippen LogP contribution in [0.2, 0.25) is 0 Å². The van der Waals surface area contributed by atoms with Crippen LogP contribution in [-0.2, 0) is 11.3 Å². The molecule has 0 spiro atoms. The summed E-state index contributed by atoms with van der Waals surface area (Å²) in [7, 11) is 1.25. The van der Waals surface area contributed by atoms with Gasteiger partial charge in [-0.2, -0.15) is 0 Å². The van der Waals surface area contributed by atoms with Crippen molar-refractivity contribution in [2.45, 2.75) is 44.2 Å². The van der Waals surface area contributed by atoms with Crippen LogP contribution in [-0.4, -0.2) is 37.2 Å². The first-order valence-corrected chi connectivity index (χ1v) is 10.1. The van der Waals surface area contributed by atoms with Gasteiger partial charge in [-0.1, -0.05) is 12.1 Å². The average Bonchev–Trinajstić information content (AvgIpc) is 3.55. The van der Waals surface area contributed by atoms with E-state index >= 15 is 0 Å². The van der Waals surface area contributed by atoms with Crippen molar-refractivity contribution in [1.29, 1.82) is 0 Å². The number of likely N-dealkylation sites (tertiary alicyclic amines) is 1. The maximum atomic E-state index is 14.5. The molecule has 1 atom stereocenters. The Bertz CT molecular complexity index is 880. The molecule has 6 heteroatoms. The van der Waals surface area contributed by atoms with E-state index in [9.17, 15) is 13.6 Å². The van der Waals surface area contributed by atoms with Crippen molar-refractivity contribution in [1.82, 2.24) is 4.90 Å². The van der Waals surface area contributed by atoms with Gasteiger partial charge < -0.3 is 9.47 Å². The lowest BCUT2D eigenvalue weighted by atomic mass is 10.0. The van der Waals surface area contributed by atoms with E-state index in [1.54, 1.807) is 18.2 Å². The molecule has 0 N–H and O–H groups in total. The molecule has 1 aliphatic carbocycles. The van der Waals surface area contributed by atoms with Gasteiger partial charge in [0.05, 0.1) is 12.7 Å². The van der Waals surface area contributed by atoms with Crippen molar-refractivity contribution in [3.8, 4) is 5.75 Å². The second-order valence-electron chi connectivity index (χ2n) is 7.88. The number of hydrogen-bond donors (Lipinski definition) is 0. The van der Waals surface area contributed by atoms with Crippen LogP contribution in [0.25, 0.3) is 0 Å². The molecule has 0 aromatic heterocycles. The summed E-state index contributed by atoms with van der Waals surface area (Å²) in [5, 5.41) is 0. The number of nitrogens with zero attached hydrogens (tertiary/aromatic N) is 1. The highest BCUT2D eigenvalue weighted by Crippen LogP contribution is 2.45. The monoisotopic (exact) mass is 401 g/mol. The Morgan fingerprint density at radius 1 is 1.14 bits per heavy atom. The number of hydrogen-bond acceptors (Lipinski definition) is 4. The zero-order valence-corrected chi connectivity index (χ0v) is 16.5. The summed E-state index contributed by atoms with van der Waals surface area (Å²) in [6, 6.07) is 9.46. The van der Waals surface area contributed by atoms with Gasteiger partial charge in [-0.3, -0.25) is 4.90 Å². The third-order valence-electron chi connectivity index (χ3n) is 5.60. The van der Waals surface area contributed by atoms with Gasteiger partial charge in [0, 0.05) is 19.2 Å². The standard InChI is InChI=1S/C23H25F2NO3/c1-28-23(27)20-11-19(16-6-7-16)22(12-21(20)25)29-18-3-2-10-26(14-18)13-15-4-8-17(24)9-5-15/h4-5,8-9,11-12,16,18H,2-3,6-7,10,13-14H2,1H3. The van der Waals surface area contributed by atoms with Crippen molar-refractivity contribution < 1.29 is 23.0 Å². The summed E-state index contributed by atoms with van der Waals surface area (Å²) >= 11 is 0. The number of ether oxygens (including phenoxy) is 2. The second kappa shape index (κ2) is 8.49. The summed E-state index contributed by atoms with van der Waals surface area (Å²) in [5.41, 5.74) is 1.91. The van der Waals surface area contributed by atoms with Crippen LogP contribution in [0.4, 0.5) is 8.78 Å². The van der Waals surface area contributed by atoms with Gasteiger partial charge in [-0.15, -0.1) is 0 Å². The highest BCUT2D eigenvalue weighted by atomic mass is 19.1. The lowest BCUT2D eigenvalue weighted by Gasteiger charge is -2.33. The topological polar surface area (TPSA) is 38.8 Å². The minimum atomic E-state index is -0.668. The fourth-order valence-corrected chi connectivity index (χ4v) is 3.93. The molecule has 0 radical (unpaired) electrons. The average molecular weight is 401 g/mol. The Balaban J connectivity index is 1.47. The molecule has 0 amide bonds. The summed E-state index contributed by atoms with van der Waals surface area (Å²) in [5.74, 6) is -0.674. The first kappa shape index (κ1) is 19.8. The maximum Gasteiger partial charge on any atom is 0.340 e. The number of carbonyl (C=O) groups is 1. The molecule has 4 nitrogen and oxygen atoms in total. The van der Waals surface area contributed by atoms with Gasteiger partial charge in [-0.05, 0) is 67.5 Å². The zero-order chi connectivity index (χ0) is 20.4. The Hall–Kier alpha value is -2.47. The molecule has 1 saturated heterocycles. The first-order valence-electron chi connectivity index (χ1n) is 10.1. The van der Waals surface area contributed by atoms with Gasteiger partial charge in [0.1, 0.15) is 23.5 Å². The zero-order valence-electron chi connectivity index (χ0n) is 16.5. The number of rotatable bonds is 6. The van der Waals surface area contributed by atoms with E-state index in [4.69, 9.17) is 9.47 Å². The van der Waals surface area contributed by atoms with Gasteiger partial charge in [0.2, 0.25) is 0 Å². The number of esters is 1. The van der Waals surface area contributed by atoms with Crippen molar-refractivity contribution in [2.24, 2.45) is 0 Å². The fourth-order valence-electron chi connectivity index (χ4n) is 3.93. The Morgan fingerprint density at radius 2 is 1.90 bits per heavy atom. The second-order valence-corrected chi connectivity index (χ2v) is 7.88. The molecular formula is C23H25F2NO3. The predicted molar refractivity (Wildman–Crippen MR) is 105 cm³/mol. The Morgan fingerprint density at radius 3 is 2.59 bits per heavy atom. The predicted octanol–water partition coefficient (Wildman–Crippen LogP) is 4.67. The molecule has 154 valence electrons. The number of halogens is 2. The van der Waals surface area contributed by atoms with Crippen molar-refractivity contribution in [2.75, 3.05) is 20.2 Å². The maximum absolute atomic E-state index is 14.5. The quantitative estimate of drug-likeness (QED) is 0.660. The smallest absolute Gasteiger partial charge is 0.340 e. The van der Waals surface area contributed by atoms with Crippen molar-refractivity contribution >= 4 is 5.97 Å². The Kier molecular flexibility index (Phi) is 5.81. The minimum Gasteiger partial charge on any atom is -0.489 e. The summed E-state index contributed by atoms with van der Waals surface area (Å²) in [6.45, 7) is 2.40. The summed E-state index contributed by atoms with van der Waals surface area (Å²) in [6.07, 6.45) is 3.86.